The van der Waals surface area contributed by atoms with E-state index in [1.54, 1.807) is 0 Å². The number of ether oxygens (including phenoxy) is 1. The summed E-state index contributed by atoms with van der Waals surface area (Å²) in [6.07, 6.45) is -2.31. The Morgan fingerprint density at radius 1 is 1.53 bits per heavy atom. The SMILES string of the molecule is COC(=O)Cc1c(C(F)F)c[nH]c(=O)c1CCl. The highest BCUT2D eigenvalue weighted by molar-refractivity contribution is 6.17. The lowest BCUT2D eigenvalue weighted by Crippen LogP contribution is -2.19. The van der Waals surface area contributed by atoms with E-state index in [2.05, 4.69) is 9.72 Å². The van der Waals surface area contributed by atoms with Crippen LogP contribution in [0.15, 0.2) is 11.0 Å². The van der Waals surface area contributed by atoms with E-state index in [9.17, 15) is 18.4 Å². The van der Waals surface area contributed by atoms with E-state index in [0.717, 1.165) is 13.3 Å². The molecular weight excluding hydrogens is 256 g/mol. The smallest absolute Gasteiger partial charge is 0.310 e. The van der Waals surface area contributed by atoms with Gasteiger partial charge < -0.3 is 9.72 Å². The van der Waals surface area contributed by atoms with Gasteiger partial charge in [0, 0.05) is 17.3 Å². The molecular formula is C10H10ClF2NO3. The van der Waals surface area contributed by atoms with E-state index in [-0.39, 0.29) is 17.0 Å². The molecule has 0 radical (unpaired) electrons. The number of rotatable bonds is 4. The van der Waals surface area contributed by atoms with Crippen molar-refractivity contribution in [2.24, 2.45) is 0 Å². The Kier molecular flexibility index (Phi) is 4.62. The zero-order chi connectivity index (χ0) is 13.0. The molecule has 0 saturated carbocycles. The van der Waals surface area contributed by atoms with Crippen molar-refractivity contribution in [3.05, 3.63) is 33.2 Å². The monoisotopic (exact) mass is 265 g/mol. The number of H-pyrrole nitrogens is 1. The quantitative estimate of drug-likeness (QED) is 0.667. The third-order valence-corrected chi connectivity index (χ3v) is 2.53. The van der Waals surface area contributed by atoms with E-state index in [1.807, 2.05) is 0 Å². The molecule has 0 aliphatic rings. The van der Waals surface area contributed by atoms with Crippen LogP contribution < -0.4 is 5.56 Å². The number of aromatic amines is 1. The molecule has 0 bridgehead atoms. The molecule has 0 unspecified atom stereocenters. The molecule has 1 aromatic heterocycles. The number of pyridine rings is 1. The minimum absolute atomic E-state index is 0.0325. The first kappa shape index (κ1) is 13.6. The second kappa shape index (κ2) is 5.77. The van der Waals surface area contributed by atoms with Gasteiger partial charge in [-0.15, -0.1) is 11.6 Å². The molecule has 1 rings (SSSR count). The zero-order valence-electron chi connectivity index (χ0n) is 8.93. The van der Waals surface area contributed by atoms with Crippen LogP contribution in [-0.2, 0) is 21.8 Å². The summed E-state index contributed by atoms with van der Waals surface area (Å²) >= 11 is 5.52. The van der Waals surface area contributed by atoms with Crippen LogP contribution in [0.25, 0.3) is 0 Å². The Balaban J connectivity index is 3.33. The number of carbonyl (C=O) groups is 1. The van der Waals surface area contributed by atoms with Crippen LogP contribution in [0.4, 0.5) is 8.78 Å². The van der Waals surface area contributed by atoms with Crippen molar-refractivity contribution in [3.8, 4) is 0 Å². The molecule has 0 amide bonds. The lowest BCUT2D eigenvalue weighted by atomic mass is 10.0. The van der Waals surface area contributed by atoms with E-state index < -0.39 is 29.9 Å². The Bertz CT molecular complexity index is 473. The molecule has 1 aromatic rings. The topological polar surface area (TPSA) is 59.2 Å². The molecule has 0 fully saturated rings. The normalized spacial score (nSPS) is 10.6. The maximum atomic E-state index is 12.7. The van der Waals surface area contributed by atoms with Crippen LogP contribution in [-0.4, -0.2) is 18.1 Å². The predicted molar refractivity (Wildman–Crippen MR) is 57.3 cm³/mol. The summed E-state index contributed by atoms with van der Waals surface area (Å²) in [5.74, 6) is -0.953. The van der Waals surface area contributed by atoms with Crippen molar-refractivity contribution in [2.45, 2.75) is 18.7 Å². The fourth-order valence-electron chi connectivity index (χ4n) is 1.39. The Labute approximate surface area is 101 Å². The third kappa shape index (κ3) is 3.03. The van der Waals surface area contributed by atoms with Crippen LogP contribution in [0.1, 0.15) is 23.1 Å². The number of methoxy groups -OCH3 is 1. The van der Waals surface area contributed by atoms with Gasteiger partial charge in [0.25, 0.3) is 12.0 Å². The molecule has 7 heteroatoms. The Hall–Kier alpha value is -1.43. The fourth-order valence-corrected chi connectivity index (χ4v) is 1.67. The van der Waals surface area contributed by atoms with Gasteiger partial charge in [0.2, 0.25) is 0 Å². The maximum absolute atomic E-state index is 12.7. The minimum Gasteiger partial charge on any atom is -0.469 e. The molecule has 0 atom stereocenters. The Morgan fingerprint density at radius 2 is 2.18 bits per heavy atom. The number of aromatic nitrogens is 1. The number of alkyl halides is 3. The van der Waals surface area contributed by atoms with Crippen molar-refractivity contribution >= 4 is 17.6 Å². The van der Waals surface area contributed by atoms with E-state index in [0.29, 0.717) is 0 Å². The van der Waals surface area contributed by atoms with Gasteiger partial charge in [0.15, 0.2) is 0 Å². The van der Waals surface area contributed by atoms with Crippen molar-refractivity contribution < 1.29 is 18.3 Å². The van der Waals surface area contributed by atoms with Gasteiger partial charge in [-0.25, -0.2) is 8.78 Å². The molecule has 17 heavy (non-hydrogen) atoms. The van der Waals surface area contributed by atoms with Gasteiger partial charge >= 0.3 is 5.97 Å². The molecule has 0 aromatic carbocycles. The Morgan fingerprint density at radius 3 is 2.65 bits per heavy atom. The van der Waals surface area contributed by atoms with Crippen LogP contribution in [0.3, 0.4) is 0 Å². The molecule has 0 spiro atoms. The standard InChI is InChI=1S/C10H10ClF2NO3/c1-17-8(15)2-5-6(3-11)10(16)14-4-7(5)9(12)13/h4,9H,2-3H2,1H3,(H,14,16). The second-order valence-electron chi connectivity index (χ2n) is 3.22. The van der Waals surface area contributed by atoms with Gasteiger partial charge in [0.05, 0.1) is 19.4 Å². The number of carbonyl (C=O) groups excluding carboxylic acids is 1. The lowest BCUT2D eigenvalue weighted by Gasteiger charge is -2.11. The summed E-state index contributed by atoms with van der Waals surface area (Å²) in [5.41, 5.74) is -1.09. The van der Waals surface area contributed by atoms with Crippen molar-refractivity contribution in [2.75, 3.05) is 7.11 Å². The molecule has 0 aliphatic carbocycles. The van der Waals surface area contributed by atoms with Crippen LogP contribution in [0.2, 0.25) is 0 Å². The highest BCUT2D eigenvalue weighted by atomic mass is 35.5. The van der Waals surface area contributed by atoms with Crippen LogP contribution >= 0.6 is 11.6 Å². The summed E-state index contributed by atoms with van der Waals surface area (Å²) in [7, 11) is 1.14. The molecule has 0 saturated heterocycles. The highest BCUT2D eigenvalue weighted by Crippen LogP contribution is 2.24. The number of halogens is 3. The maximum Gasteiger partial charge on any atom is 0.310 e. The average molecular weight is 266 g/mol. The van der Waals surface area contributed by atoms with Crippen LogP contribution in [0.5, 0.6) is 0 Å². The molecule has 94 valence electrons. The predicted octanol–water partition coefficient (Wildman–Crippen LogP) is 1.77. The number of nitrogens with one attached hydrogen (secondary N) is 1. The third-order valence-electron chi connectivity index (χ3n) is 2.26. The van der Waals surface area contributed by atoms with E-state index >= 15 is 0 Å². The van der Waals surface area contributed by atoms with Crippen molar-refractivity contribution in [3.63, 3.8) is 0 Å². The summed E-state index contributed by atoms with van der Waals surface area (Å²) < 4.78 is 29.8. The van der Waals surface area contributed by atoms with Crippen molar-refractivity contribution in [1.82, 2.24) is 4.98 Å². The number of hydrogen-bond donors (Lipinski definition) is 1. The highest BCUT2D eigenvalue weighted by Gasteiger charge is 2.20. The zero-order valence-corrected chi connectivity index (χ0v) is 9.68. The first-order valence-corrected chi connectivity index (χ1v) is 5.19. The fraction of sp³-hybridized carbons (Fsp3) is 0.400. The lowest BCUT2D eigenvalue weighted by molar-refractivity contribution is -0.139. The molecule has 4 nitrogen and oxygen atoms in total. The van der Waals surface area contributed by atoms with Gasteiger partial charge in [-0.2, -0.15) is 0 Å². The van der Waals surface area contributed by atoms with Gasteiger partial charge in [-0.05, 0) is 5.56 Å². The largest absolute Gasteiger partial charge is 0.469 e. The average Bonchev–Trinajstić information content (AvgIpc) is 2.28. The summed E-state index contributed by atoms with van der Waals surface area (Å²) in [4.78, 5) is 24.7. The molecule has 1 N–H and O–H groups in total. The number of hydrogen-bond acceptors (Lipinski definition) is 3. The summed E-state index contributed by atoms with van der Waals surface area (Å²) in [5, 5.41) is 0. The first-order chi connectivity index (χ1) is 8.01. The number of esters is 1. The first-order valence-electron chi connectivity index (χ1n) is 4.65. The van der Waals surface area contributed by atoms with Gasteiger partial charge in [-0.1, -0.05) is 0 Å². The molecule has 0 aliphatic heterocycles. The second-order valence-corrected chi connectivity index (χ2v) is 3.48. The molecule has 1 heterocycles. The van der Waals surface area contributed by atoms with Gasteiger partial charge in [-0.3, -0.25) is 9.59 Å². The summed E-state index contributed by atoms with van der Waals surface area (Å²) in [6, 6.07) is 0. The summed E-state index contributed by atoms with van der Waals surface area (Å²) in [6.45, 7) is 0. The van der Waals surface area contributed by atoms with E-state index in [1.165, 1.54) is 0 Å². The van der Waals surface area contributed by atoms with Crippen molar-refractivity contribution in [1.29, 1.82) is 0 Å². The van der Waals surface area contributed by atoms with E-state index in [4.69, 9.17) is 11.6 Å². The van der Waals surface area contributed by atoms with Crippen LogP contribution in [0, 0.1) is 0 Å². The minimum atomic E-state index is -2.80. The van der Waals surface area contributed by atoms with Gasteiger partial charge in [0.1, 0.15) is 0 Å².